The number of aliphatic hydroxyl groups excluding tert-OH is 1. The molecule has 0 radical (unpaired) electrons. The molecule has 3 N–H and O–H groups in total. The monoisotopic (exact) mass is 269 g/mol. The fraction of sp³-hybridized carbons (Fsp3) is 0.600. The Balaban J connectivity index is 2.14. The van der Waals surface area contributed by atoms with Crippen molar-refractivity contribution in [3.05, 3.63) is 35.4 Å². The van der Waals surface area contributed by atoms with Gasteiger partial charge >= 0.3 is 0 Å². The number of hydrogen-bond donors (Lipinski definition) is 2. The molecule has 0 spiro atoms. The van der Waals surface area contributed by atoms with Crippen molar-refractivity contribution in [2.75, 3.05) is 13.2 Å². The number of rotatable bonds is 4. The largest absolute Gasteiger partial charge is 0.396 e. The topological polar surface area (TPSA) is 46.2 Å². The summed E-state index contributed by atoms with van der Waals surface area (Å²) in [5, 5.41) is 9.14. The van der Waals surface area contributed by atoms with Crippen molar-refractivity contribution in [2.24, 2.45) is 17.6 Å². The third-order valence-corrected chi connectivity index (χ3v) is 4.33. The minimum absolute atomic E-state index is 0.129. The Morgan fingerprint density at radius 1 is 1.21 bits per heavy atom. The van der Waals surface area contributed by atoms with E-state index in [4.69, 9.17) is 10.8 Å². The molecule has 0 aromatic heterocycles. The Morgan fingerprint density at radius 3 is 2.47 bits per heavy atom. The van der Waals surface area contributed by atoms with E-state index in [-0.39, 0.29) is 24.3 Å². The fourth-order valence-corrected chi connectivity index (χ4v) is 3.15. The molecule has 4 heteroatoms. The first-order chi connectivity index (χ1) is 9.15. The molecule has 1 aromatic rings. The molecule has 0 bridgehead atoms. The molecule has 1 aromatic carbocycles. The lowest BCUT2D eigenvalue weighted by molar-refractivity contribution is 0.157. The zero-order valence-corrected chi connectivity index (χ0v) is 11.0. The maximum Gasteiger partial charge on any atom is 0.126 e. The summed E-state index contributed by atoms with van der Waals surface area (Å²) < 4.78 is 27.1. The Bertz CT molecular complexity index is 417. The molecule has 2 nitrogen and oxygen atoms in total. The molecular weight excluding hydrogens is 248 g/mol. The van der Waals surface area contributed by atoms with Gasteiger partial charge in [-0.15, -0.1) is 0 Å². The van der Waals surface area contributed by atoms with E-state index in [1.54, 1.807) is 0 Å². The Morgan fingerprint density at radius 2 is 1.89 bits per heavy atom. The number of halogens is 2. The number of benzene rings is 1. The van der Waals surface area contributed by atoms with Crippen molar-refractivity contribution in [3.8, 4) is 0 Å². The van der Waals surface area contributed by atoms with Gasteiger partial charge < -0.3 is 10.8 Å². The molecule has 1 aliphatic carbocycles. The Kier molecular flexibility index (Phi) is 4.88. The van der Waals surface area contributed by atoms with Crippen LogP contribution >= 0.6 is 0 Å². The standard InChI is InChI=1S/C15H21F2NO/c16-12-5-6-15(17)13(7-12)14(8-18)11-3-1-10(9-19)2-4-11/h5-7,10-11,14,19H,1-4,8-9,18H2. The van der Waals surface area contributed by atoms with Crippen molar-refractivity contribution in [3.63, 3.8) is 0 Å². The summed E-state index contributed by atoms with van der Waals surface area (Å²) in [5.41, 5.74) is 6.18. The van der Waals surface area contributed by atoms with E-state index in [1.165, 1.54) is 12.1 Å². The van der Waals surface area contributed by atoms with Crippen LogP contribution in [-0.2, 0) is 0 Å². The molecule has 0 amide bonds. The van der Waals surface area contributed by atoms with Crippen LogP contribution in [0.25, 0.3) is 0 Å². The highest BCUT2D eigenvalue weighted by Crippen LogP contribution is 2.38. The van der Waals surface area contributed by atoms with E-state index in [1.807, 2.05) is 0 Å². The zero-order valence-electron chi connectivity index (χ0n) is 11.0. The molecule has 0 saturated heterocycles. The first kappa shape index (κ1) is 14.4. The molecule has 19 heavy (non-hydrogen) atoms. The molecule has 1 fully saturated rings. The van der Waals surface area contributed by atoms with Gasteiger partial charge in [0.2, 0.25) is 0 Å². The molecule has 0 heterocycles. The van der Waals surface area contributed by atoms with Gasteiger partial charge in [-0.05, 0) is 67.8 Å². The third kappa shape index (κ3) is 3.31. The van der Waals surface area contributed by atoms with Crippen LogP contribution in [0.4, 0.5) is 8.78 Å². The minimum atomic E-state index is -0.418. The van der Waals surface area contributed by atoms with Gasteiger partial charge in [-0.3, -0.25) is 0 Å². The summed E-state index contributed by atoms with van der Waals surface area (Å²) in [5.74, 6) is -0.286. The van der Waals surface area contributed by atoms with Gasteiger partial charge in [-0.25, -0.2) is 8.78 Å². The van der Waals surface area contributed by atoms with Crippen LogP contribution in [0.1, 0.15) is 37.2 Å². The van der Waals surface area contributed by atoms with E-state index >= 15 is 0 Å². The van der Waals surface area contributed by atoms with Gasteiger partial charge in [0.1, 0.15) is 11.6 Å². The first-order valence-corrected chi connectivity index (χ1v) is 6.91. The predicted molar refractivity (Wildman–Crippen MR) is 70.7 cm³/mol. The average Bonchev–Trinajstić information content (AvgIpc) is 2.44. The van der Waals surface area contributed by atoms with Gasteiger partial charge in [0.05, 0.1) is 0 Å². The molecular formula is C15H21F2NO. The molecule has 1 aliphatic rings. The van der Waals surface area contributed by atoms with E-state index in [2.05, 4.69) is 0 Å². The van der Waals surface area contributed by atoms with Crippen LogP contribution in [0.3, 0.4) is 0 Å². The Labute approximate surface area is 112 Å². The number of aliphatic hydroxyl groups is 1. The maximum atomic E-state index is 13.8. The highest BCUT2D eigenvalue weighted by Gasteiger charge is 2.29. The molecule has 2 rings (SSSR count). The highest BCUT2D eigenvalue weighted by atomic mass is 19.1. The van der Waals surface area contributed by atoms with E-state index in [0.29, 0.717) is 18.0 Å². The normalized spacial score (nSPS) is 25.3. The van der Waals surface area contributed by atoms with Crippen molar-refractivity contribution < 1.29 is 13.9 Å². The summed E-state index contributed by atoms with van der Waals surface area (Å²) in [6, 6.07) is 3.58. The lowest BCUT2D eigenvalue weighted by Gasteiger charge is -2.33. The summed E-state index contributed by atoms with van der Waals surface area (Å²) in [4.78, 5) is 0. The van der Waals surface area contributed by atoms with Gasteiger partial charge in [0, 0.05) is 12.5 Å². The SMILES string of the molecule is NCC(c1cc(F)ccc1F)C1CCC(CO)CC1. The summed E-state index contributed by atoms with van der Waals surface area (Å²) in [7, 11) is 0. The van der Waals surface area contributed by atoms with Gasteiger partial charge in [0.15, 0.2) is 0 Å². The highest BCUT2D eigenvalue weighted by molar-refractivity contribution is 5.24. The lowest BCUT2D eigenvalue weighted by Crippen LogP contribution is -2.27. The fourth-order valence-electron chi connectivity index (χ4n) is 3.15. The van der Waals surface area contributed by atoms with E-state index in [9.17, 15) is 8.78 Å². The second-order valence-corrected chi connectivity index (χ2v) is 5.47. The number of hydrogen-bond acceptors (Lipinski definition) is 2. The molecule has 1 saturated carbocycles. The van der Waals surface area contributed by atoms with Crippen LogP contribution < -0.4 is 5.73 Å². The summed E-state index contributed by atoms with van der Waals surface area (Å²) in [6.07, 6.45) is 3.72. The second-order valence-electron chi connectivity index (χ2n) is 5.47. The average molecular weight is 269 g/mol. The minimum Gasteiger partial charge on any atom is -0.396 e. The Hall–Kier alpha value is -1.00. The van der Waals surface area contributed by atoms with Gasteiger partial charge in [-0.2, -0.15) is 0 Å². The van der Waals surface area contributed by atoms with Gasteiger partial charge in [0.25, 0.3) is 0 Å². The first-order valence-electron chi connectivity index (χ1n) is 6.91. The van der Waals surface area contributed by atoms with E-state index in [0.717, 1.165) is 31.7 Å². The summed E-state index contributed by atoms with van der Waals surface area (Å²) >= 11 is 0. The van der Waals surface area contributed by atoms with Crippen molar-refractivity contribution >= 4 is 0 Å². The predicted octanol–water partition coefficient (Wildman–Crippen LogP) is 2.81. The zero-order chi connectivity index (χ0) is 13.8. The van der Waals surface area contributed by atoms with Crippen LogP contribution in [-0.4, -0.2) is 18.3 Å². The molecule has 0 aliphatic heterocycles. The van der Waals surface area contributed by atoms with Crippen LogP contribution in [0.2, 0.25) is 0 Å². The lowest BCUT2D eigenvalue weighted by atomic mass is 9.73. The molecule has 1 unspecified atom stereocenters. The van der Waals surface area contributed by atoms with Crippen molar-refractivity contribution in [2.45, 2.75) is 31.6 Å². The smallest absolute Gasteiger partial charge is 0.126 e. The van der Waals surface area contributed by atoms with Crippen LogP contribution in [0, 0.1) is 23.5 Å². The van der Waals surface area contributed by atoms with Crippen molar-refractivity contribution in [1.29, 1.82) is 0 Å². The van der Waals surface area contributed by atoms with E-state index < -0.39 is 5.82 Å². The van der Waals surface area contributed by atoms with Crippen LogP contribution in [0.5, 0.6) is 0 Å². The number of nitrogens with two attached hydrogens (primary N) is 1. The summed E-state index contributed by atoms with van der Waals surface area (Å²) in [6.45, 7) is 0.545. The maximum absolute atomic E-state index is 13.8. The van der Waals surface area contributed by atoms with Crippen molar-refractivity contribution in [1.82, 2.24) is 0 Å². The molecule has 106 valence electrons. The van der Waals surface area contributed by atoms with Gasteiger partial charge in [-0.1, -0.05) is 0 Å². The third-order valence-electron chi connectivity index (χ3n) is 4.33. The second kappa shape index (κ2) is 6.44. The molecule has 1 atom stereocenters. The van der Waals surface area contributed by atoms with Crippen LogP contribution in [0.15, 0.2) is 18.2 Å². The quantitative estimate of drug-likeness (QED) is 0.883.